The highest BCUT2D eigenvalue weighted by Gasteiger charge is 2.27. The molecule has 0 bridgehead atoms. The van der Waals surface area contributed by atoms with Crippen molar-refractivity contribution in [2.45, 2.75) is 6.92 Å². The number of fused-ring (bicyclic) bond motifs is 2. The molecule has 1 fully saturated rings. The Bertz CT molecular complexity index is 1120. The van der Waals surface area contributed by atoms with Gasteiger partial charge < -0.3 is 15.2 Å². The van der Waals surface area contributed by atoms with E-state index in [1.807, 2.05) is 17.0 Å². The van der Waals surface area contributed by atoms with E-state index in [0.717, 1.165) is 50.8 Å². The zero-order valence-corrected chi connectivity index (χ0v) is 14.5. The highest BCUT2D eigenvalue weighted by Crippen LogP contribution is 2.34. The Hall–Kier alpha value is -2.86. The molecule has 25 heavy (non-hydrogen) atoms. The average molecular weight is 348 g/mol. The third-order valence-electron chi connectivity index (χ3n) is 4.39. The molecule has 0 saturated carbocycles. The Morgan fingerprint density at radius 3 is 2.96 bits per heavy atom. The van der Waals surface area contributed by atoms with E-state index in [4.69, 9.17) is 0 Å². The lowest BCUT2D eigenvalue weighted by Crippen LogP contribution is -2.07. The number of aromatic nitrogens is 2. The van der Waals surface area contributed by atoms with Crippen LogP contribution in [0.25, 0.3) is 21.1 Å². The van der Waals surface area contributed by atoms with E-state index in [-0.39, 0.29) is 5.91 Å². The van der Waals surface area contributed by atoms with E-state index in [0.29, 0.717) is 0 Å². The summed E-state index contributed by atoms with van der Waals surface area (Å²) >= 11 is 1.50. The molecule has 5 nitrogen and oxygen atoms in total. The number of pyridine rings is 1. The van der Waals surface area contributed by atoms with Crippen LogP contribution in [-0.2, 0) is 0 Å². The zero-order chi connectivity index (χ0) is 17.0. The fourth-order valence-electron chi connectivity index (χ4n) is 3.06. The molecule has 0 atom stereocenters. The lowest BCUT2D eigenvalue weighted by Gasteiger charge is -2.07. The number of carbonyl (C=O) groups is 1. The number of anilines is 2. The van der Waals surface area contributed by atoms with Crippen molar-refractivity contribution in [2.24, 2.45) is 0 Å². The molecule has 1 aliphatic heterocycles. The molecule has 124 valence electrons. The standard InChI is InChI=1S/C19H16N4OS/c1-11-8-12-9-13(2-3-14(12)21-11)22-15-4-5-20-16-10-17(25-18(15)16)19(24)23-6-7-23/h2-5,8-10,21H,6-7H2,1H3,(H,20,22). The Balaban J connectivity index is 1.53. The fourth-order valence-corrected chi connectivity index (χ4v) is 4.11. The quantitative estimate of drug-likeness (QED) is 0.543. The number of benzene rings is 1. The first-order valence-corrected chi connectivity index (χ1v) is 9.03. The summed E-state index contributed by atoms with van der Waals surface area (Å²) in [7, 11) is 0. The van der Waals surface area contributed by atoms with Gasteiger partial charge in [0.2, 0.25) is 0 Å². The smallest absolute Gasteiger partial charge is 0.264 e. The minimum Gasteiger partial charge on any atom is -0.359 e. The van der Waals surface area contributed by atoms with Gasteiger partial charge in [0.15, 0.2) is 0 Å². The van der Waals surface area contributed by atoms with Crippen LogP contribution in [0, 0.1) is 6.92 Å². The Morgan fingerprint density at radius 2 is 2.12 bits per heavy atom. The first-order chi connectivity index (χ1) is 12.2. The van der Waals surface area contributed by atoms with Gasteiger partial charge in [0.05, 0.1) is 20.8 Å². The number of H-pyrrole nitrogens is 1. The molecule has 6 heteroatoms. The van der Waals surface area contributed by atoms with Gasteiger partial charge in [-0.2, -0.15) is 0 Å². The van der Waals surface area contributed by atoms with Crippen LogP contribution in [0.15, 0.2) is 42.6 Å². The van der Waals surface area contributed by atoms with Gasteiger partial charge in [-0.25, -0.2) is 0 Å². The number of hydrogen-bond acceptors (Lipinski definition) is 4. The first-order valence-electron chi connectivity index (χ1n) is 8.21. The van der Waals surface area contributed by atoms with Gasteiger partial charge in [0.25, 0.3) is 5.91 Å². The molecule has 2 N–H and O–H groups in total. The normalized spacial score (nSPS) is 13.6. The number of thiophene rings is 1. The lowest BCUT2D eigenvalue weighted by molar-refractivity contribution is 0.0890. The third kappa shape index (κ3) is 2.55. The van der Waals surface area contributed by atoms with E-state index >= 15 is 0 Å². The number of hydrogen-bond donors (Lipinski definition) is 2. The van der Waals surface area contributed by atoms with Crippen molar-refractivity contribution in [1.29, 1.82) is 0 Å². The fraction of sp³-hybridized carbons (Fsp3) is 0.158. The Kier molecular flexibility index (Phi) is 3.08. The minimum absolute atomic E-state index is 0.109. The van der Waals surface area contributed by atoms with Gasteiger partial charge in [-0.3, -0.25) is 9.78 Å². The van der Waals surface area contributed by atoms with Gasteiger partial charge in [-0.05, 0) is 43.3 Å². The van der Waals surface area contributed by atoms with Crippen LogP contribution in [-0.4, -0.2) is 33.9 Å². The van der Waals surface area contributed by atoms with Crippen LogP contribution < -0.4 is 5.32 Å². The SMILES string of the molecule is Cc1cc2cc(Nc3ccnc4cc(C(=O)N5CC5)sc34)ccc2[nH]1. The van der Waals surface area contributed by atoms with Gasteiger partial charge in [0, 0.05) is 41.6 Å². The largest absolute Gasteiger partial charge is 0.359 e. The summed E-state index contributed by atoms with van der Waals surface area (Å²) in [5, 5.41) is 4.65. The van der Waals surface area contributed by atoms with Crippen molar-refractivity contribution in [1.82, 2.24) is 14.9 Å². The minimum atomic E-state index is 0.109. The summed E-state index contributed by atoms with van der Waals surface area (Å²) in [4.78, 5) is 22.6. The van der Waals surface area contributed by atoms with E-state index in [1.165, 1.54) is 16.7 Å². The molecule has 1 aromatic carbocycles. The van der Waals surface area contributed by atoms with E-state index in [2.05, 4.69) is 46.5 Å². The number of amides is 1. The summed E-state index contributed by atoms with van der Waals surface area (Å²) in [6.07, 6.45) is 1.78. The molecule has 1 amide bonds. The number of aryl methyl sites for hydroxylation is 1. The molecular formula is C19H16N4OS. The molecule has 0 unspecified atom stereocenters. The second-order valence-corrected chi connectivity index (χ2v) is 7.41. The van der Waals surface area contributed by atoms with Gasteiger partial charge in [-0.1, -0.05) is 0 Å². The highest BCUT2D eigenvalue weighted by molar-refractivity contribution is 7.21. The molecule has 4 aromatic rings. The van der Waals surface area contributed by atoms with Crippen LogP contribution in [0.5, 0.6) is 0 Å². The van der Waals surface area contributed by atoms with Crippen molar-refractivity contribution in [3.63, 3.8) is 0 Å². The van der Waals surface area contributed by atoms with Crippen molar-refractivity contribution >= 4 is 49.7 Å². The topological polar surface area (TPSA) is 60.8 Å². The van der Waals surface area contributed by atoms with Crippen LogP contribution in [0.2, 0.25) is 0 Å². The number of aromatic amines is 1. The molecule has 0 radical (unpaired) electrons. The van der Waals surface area contributed by atoms with Gasteiger partial charge in [0.1, 0.15) is 0 Å². The molecule has 3 aromatic heterocycles. The predicted molar refractivity (Wildman–Crippen MR) is 102 cm³/mol. The number of carbonyl (C=O) groups excluding carboxylic acids is 1. The van der Waals surface area contributed by atoms with Crippen molar-refractivity contribution in [2.75, 3.05) is 18.4 Å². The zero-order valence-electron chi connectivity index (χ0n) is 13.7. The molecule has 4 heterocycles. The van der Waals surface area contributed by atoms with Crippen molar-refractivity contribution in [3.8, 4) is 0 Å². The number of nitrogens with one attached hydrogen (secondary N) is 2. The number of nitrogens with zero attached hydrogens (tertiary/aromatic N) is 2. The second-order valence-electron chi connectivity index (χ2n) is 6.36. The summed E-state index contributed by atoms with van der Waals surface area (Å²) in [5.41, 5.74) is 5.14. The summed E-state index contributed by atoms with van der Waals surface area (Å²) in [5.74, 6) is 0.109. The van der Waals surface area contributed by atoms with E-state index in [9.17, 15) is 4.79 Å². The molecule has 5 rings (SSSR count). The average Bonchev–Trinajstić information content (AvgIpc) is 3.24. The highest BCUT2D eigenvalue weighted by atomic mass is 32.1. The van der Waals surface area contributed by atoms with Gasteiger partial charge >= 0.3 is 0 Å². The van der Waals surface area contributed by atoms with Gasteiger partial charge in [-0.15, -0.1) is 11.3 Å². The lowest BCUT2D eigenvalue weighted by atomic mass is 10.2. The number of rotatable bonds is 3. The summed E-state index contributed by atoms with van der Waals surface area (Å²) in [6, 6.07) is 12.2. The van der Waals surface area contributed by atoms with E-state index < -0.39 is 0 Å². The first kappa shape index (κ1) is 14.5. The van der Waals surface area contributed by atoms with E-state index in [1.54, 1.807) is 6.20 Å². The Morgan fingerprint density at radius 1 is 1.24 bits per heavy atom. The summed E-state index contributed by atoms with van der Waals surface area (Å²) < 4.78 is 1.01. The van der Waals surface area contributed by atoms with Crippen LogP contribution >= 0.6 is 11.3 Å². The predicted octanol–water partition coefficient (Wildman–Crippen LogP) is 4.29. The van der Waals surface area contributed by atoms with Crippen molar-refractivity contribution in [3.05, 3.63) is 53.2 Å². The van der Waals surface area contributed by atoms with Crippen molar-refractivity contribution < 1.29 is 4.79 Å². The Labute approximate surface area is 148 Å². The van der Waals surface area contributed by atoms with Crippen LogP contribution in [0.3, 0.4) is 0 Å². The second kappa shape index (κ2) is 5.32. The molecule has 1 saturated heterocycles. The molecule has 1 aliphatic rings. The monoisotopic (exact) mass is 348 g/mol. The van der Waals surface area contributed by atoms with Crippen LogP contribution in [0.4, 0.5) is 11.4 Å². The molecule has 0 spiro atoms. The summed E-state index contributed by atoms with van der Waals surface area (Å²) in [6.45, 7) is 3.78. The third-order valence-corrected chi connectivity index (χ3v) is 5.54. The maximum Gasteiger partial charge on any atom is 0.264 e. The molecular weight excluding hydrogens is 332 g/mol. The maximum absolute atomic E-state index is 12.3. The van der Waals surface area contributed by atoms with Crippen LogP contribution in [0.1, 0.15) is 15.4 Å². The molecule has 0 aliphatic carbocycles. The maximum atomic E-state index is 12.3.